The highest BCUT2D eigenvalue weighted by Gasteiger charge is 2.26. The van der Waals surface area contributed by atoms with E-state index < -0.39 is 29.6 Å². The quantitative estimate of drug-likeness (QED) is 0.752. The number of ether oxygens (including phenoxy) is 2. The van der Waals surface area contributed by atoms with Crippen LogP contribution in [0.5, 0.6) is 0 Å². The summed E-state index contributed by atoms with van der Waals surface area (Å²) in [5.41, 5.74) is 0.205. The molecule has 1 aromatic carbocycles. The molecular formula is C19H28N2O5. The average Bonchev–Trinajstić information content (AvgIpc) is 2.52. The number of rotatable bonds is 7. The van der Waals surface area contributed by atoms with Crippen molar-refractivity contribution in [3.63, 3.8) is 0 Å². The minimum atomic E-state index is -0.844. The molecule has 7 heteroatoms. The molecule has 0 spiro atoms. The minimum Gasteiger partial charge on any atom is -0.465 e. The first-order valence-electron chi connectivity index (χ1n) is 8.60. The van der Waals surface area contributed by atoms with Crippen LogP contribution < -0.4 is 5.32 Å². The second-order valence-electron chi connectivity index (χ2n) is 6.85. The van der Waals surface area contributed by atoms with Crippen molar-refractivity contribution in [1.29, 1.82) is 0 Å². The van der Waals surface area contributed by atoms with Gasteiger partial charge in [0.15, 0.2) is 0 Å². The number of esters is 1. The maximum atomic E-state index is 12.7. The molecule has 0 bridgehead atoms. The molecule has 0 saturated heterocycles. The lowest BCUT2D eigenvalue weighted by atomic mass is 10.2. The van der Waals surface area contributed by atoms with Gasteiger partial charge in [-0.3, -0.25) is 9.59 Å². The smallest absolute Gasteiger partial charge is 0.408 e. The standard InChI is InChI=1S/C19H28N2O5/c1-6-25-16(22)13-21(12-15-10-8-7-9-11-15)17(23)14(2)20-18(24)26-19(3,4)5/h7-11,14H,6,12-13H2,1-5H3,(H,20,24)/t14-/m0/s1. The molecule has 1 N–H and O–H groups in total. The van der Waals surface area contributed by atoms with Crippen molar-refractivity contribution in [1.82, 2.24) is 10.2 Å². The van der Waals surface area contributed by atoms with Crippen molar-refractivity contribution in [2.24, 2.45) is 0 Å². The van der Waals surface area contributed by atoms with E-state index in [0.29, 0.717) is 0 Å². The van der Waals surface area contributed by atoms with Crippen LogP contribution in [-0.4, -0.2) is 47.7 Å². The van der Waals surface area contributed by atoms with Crippen molar-refractivity contribution in [3.05, 3.63) is 35.9 Å². The van der Waals surface area contributed by atoms with Gasteiger partial charge in [-0.1, -0.05) is 30.3 Å². The fourth-order valence-electron chi connectivity index (χ4n) is 2.20. The Morgan fingerprint density at radius 1 is 1.15 bits per heavy atom. The van der Waals surface area contributed by atoms with Gasteiger partial charge in [0.2, 0.25) is 5.91 Å². The largest absolute Gasteiger partial charge is 0.465 e. The Bertz CT molecular complexity index is 610. The predicted octanol–water partition coefficient (Wildman–Crippen LogP) is 2.49. The molecule has 7 nitrogen and oxygen atoms in total. The number of amides is 2. The van der Waals surface area contributed by atoms with Gasteiger partial charge in [-0.2, -0.15) is 0 Å². The first-order valence-corrected chi connectivity index (χ1v) is 8.60. The lowest BCUT2D eigenvalue weighted by Gasteiger charge is -2.26. The van der Waals surface area contributed by atoms with Crippen LogP contribution >= 0.6 is 0 Å². The molecule has 0 aliphatic rings. The molecule has 2 amide bonds. The van der Waals surface area contributed by atoms with E-state index in [9.17, 15) is 14.4 Å². The highest BCUT2D eigenvalue weighted by atomic mass is 16.6. The summed E-state index contributed by atoms with van der Waals surface area (Å²) in [7, 11) is 0. The van der Waals surface area contributed by atoms with E-state index in [4.69, 9.17) is 9.47 Å². The first-order chi connectivity index (χ1) is 12.1. The molecule has 0 fully saturated rings. The monoisotopic (exact) mass is 364 g/mol. The van der Waals surface area contributed by atoms with Gasteiger partial charge >= 0.3 is 12.1 Å². The predicted molar refractivity (Wildman–Crippen MR) is 97.3 cm³/mol. The van der Waals surface area contributed by atoms with Crippen LogP contribution in [0, 0.1) is 0 Å². The van der Waals surface area contributed by atoms with E-state index in [1.807, 2.05) is 30.3 Å². The third-order valence-electron chi connectivity index (χ3n) is 3.26. The van der Waals surface area contributed by atoms with Gasteiger partial charge in [-0.05, 0) is 40.2 Å². The molecule has 0 aliphatic heterocycles. The Morgan fingerprint density at radius 2 is 1.77 bits per heavy atom. The number of alkyl carbamates (subject to hydrolysis) is 1. The maximum absolute atomic E-state index is 12.7. The van der Waals surface area contributed by atoms with E-state index in [1.165, 1.54) is 4.90 Å². The van der Waals surface area contributed by atoms with E-state index in [2.05, 4.69) is 5.32 Å². The molecular weight excluding hydrogens is 336 g/mol. The van der Waals surface area contributed by atoms with Gasteiger partial charge in [0.25, 0.3) is 0 Å². The topological polar surface area (TPSA) is 84.9 Å². The summed E-state index contributed by atoms with van der Waals surface area (Å²) in [5.74, 6) is -0.894. The van der Waals surface area contributed by atoms with Crippen LogP contribution in [0.4, 0.5) is 4.79 Å². The summed E-state index contributed by atoms with van der Waals surface area (Å²) in [6.07, 6.45) is -0.686. The molecule has 0 aromatic heterocycles. The van der Waals surface area contributed by atoms with Gasteiger partial charge in [-0.15, -0.1) is 0 Å². The van der Waals surface area contributed by atoms with Gasteiger partial charge in [0, 0.05) is 6.54 Å². The molecule has 1 rings (SSSR count). The second kappa shape index (κ2) is 9.79. The van der Waals surface area contributed by atoms with Crippen LogP contribution in [0.3, 0.4) is 0 Å². The lowest BCUT2D eigenvalue weighted by molar-refractivity contribution is -0.149. The third kappa shape index (κ3) is 8.00. The Kier molecular flexibility index (Phi) is 8.09. The van der Waals surface area contributed by atoms with Gasteiger partial charge in [-0.25, -0.2) is 4.79 Å². The molecule has 0 aliphatic carbocycles. The van der Waals surface area contributed by atoms with Gasteiger partial charge in [0.1, 0.15) is 18.2 Å². The average molecular weight is 364 g/mol. The summed E-state index contributed by atoms with van der Waals surface area (Å²) < 4.78 is 10.1. The van der Waals surface area contributed by atoms with E-state index in [-0.39, 0.29) is 19.7 Å². The number of nitrogens with zero attached hydrogens (tertiary/aromatic N) is 1. The van der Waals surface area contributed by atoms with Crippen LogP contribution in [0.15, 0.2) is 30.3 Å². The second-order valence-corrected chi connectivity index (χ2v) is 6.85. The molecule has 144 valence electrons. The maximum Gasteiger partial charge on any atom is 0.408 e. The number of carbonyl (C=O) groups is 3. The normalized spacial score (nSPS) is 12.0. The van der Waals surface area contributed by atoms with Crippen molar-refractivity contribution >= 4 is 18.0 Å². The Hall–Kier alpha value is -2.57. The van der Waals surface area contributed by atoms with Crippen LogP contribution in [0.25, 0.3) is 0 Å². The summed E-state index contributed by atoms with van der Waals surface area (Å²) in [5, 5.41) is 2.50. The summed E-state index contributed by atoms with van der Waals surface area (Å²) in [6, 6.07) is 8.45. The molecule has 0 unspecified atom stereocenters. The van der Waals surface area contributed by atoms with Crippen molar-refractivity contribution in [3.8, 4) is 0 Å². The molecule has 1 aromatic rings. The zero-order chi connectivity index (χ0) is 19.7. The third-order valence-corrected chi connectivity index (χ3v) is 3.26. The van der Waals surface area contributed by atoms with E-state index >= 15 is 0 Å². The fraction of sp³-hybridized carbons (Fsp3) is 0.526. The van der Waals surface area contributed by atoms with E-state index in [1.54, 1.807) is 34.6 Å². The van der Waals surface area contributed by atoms with Crippen LogP contribution in [-0.2, 0) is 25.6 Å². The highest BCUT2D eigenvalue weighted by Crippen LogP contribution is 2.09. The number of hydrogen-bond acceptors (Lipinski definition) is 5. The zero-order valence-electron chi connectivity index (χ0n) is 16.1. The molecule has 26 heavy (non-hydrogen) atoms. The summed E-state index contributed by atoms with van der Waals surface area (Å²) in [4.78, 5) is 37.8. The number of nitrogens with one attached hydrogen (secondary N) is 1. The lowest BCUT2D eigenvalue weighted by Crippen LogP contribution is -2.49. The van der Waals surface area contributed by atoms with Crippen LogP contribution in [0.1, 0.15) is 40.2 Å². The molecule has 0 radical (unpaired) electrons. The molecule has 0 heterocycles. The van der Waals surface area contributed by atoms with E-state index in [0.717, 1.165) is 5.56 Å². The summed E-state index contributed by atoms with van der Waals surface area (Å²) >= 11 is 0. The number of benzene rings is 1. The Balaban J connectivity index is 2.81. The first kappa shape index (κ1) is 21.5. The van der Waals surface area contributed by atoms with Crippen molar-refractivity contribution < 1.29 is 23.9 Å². The van der Waals surface area contributed by atoms with Gasteiger partial charge in [0.05, 0.1) is 6.61 Å². The van der Waals surface area contributed by atoms with Crippen LogP contribution in [0.2, 0.25) is 0 Å². The Labute approximate surface area is 154 Å². The molecule has 1 atom stereocenters. The zero-order valence-corrected chi connectivity index (χ0v) is 16.1. The highest BCUT2D eigenvalue weighted by molar-refractivity contribution is 5.88. The number of carbonyl (C=O) groups excluding carboxylic acids is 3. The van der Waals surface area contributed by atoms with Gasteiger partial charge < -0.3 is 19.7 Å². The summed E-state index contributed by atoms with van der Waals surface area (Å²) in [6.45, 7) is 8.74. The van der Waals surface area contributed by atoms with Crippen molar-refractivity contribution in [2.45, 2.75) is 52.8 Å². The van der Waals surface area contributed by atoms with Crippen molar-refractivity contribution in [2.75, 3.05) is 13.2 Å². The minimum absolute atomic E-state index is 0.193. The SMILES string of the molecule is CCOC(=O)CN(Cc1ccccc1)C(=O)[C@H](C)NC(=O)OC(C)(C)C. The molecule has 0 saturated carbocycles. The number of hydrogen-bond donors (Lipinski definition) is 1. The fourth-order valence-corrected chi connectivity index (χ4v) is 2.20. The Morgan fingerprint density at radius 3 is 2.31 bits per heavy atom.